The maximum atomic E-state index is 13.0. The number of hydrogen-bond acceptors (Lipinski definition) is 4. The third-order valence-corrected chi connectivity index (χ3v) is 4.61. The summed E-state index contributed by atoms with van der Waals surface area (Å²) in [5, 5.41) is 0.318. The number of alkyl halides is 2. The Morgan fingerprint density at radius 2 is 2.15 bits per heavy atom. The Morgan fingerprint density at radius 3 is 2.77 bits per heavy atom. The predicted molar refractivity (Wildman–Crippen MR) is 92.6 cm³/mol. The quantitative estimate of drug-likeness (QED) is 0.729. The molecule has 1 aliphatic heterocycles. The Bertz CT molecular complexity index is 855. The van der Waals surface area contributed by atoms with Crippen LogP contribution in [0, 0.1) is 6.92 Å². The van der Waals surface area contributed by atoms with Gasteiger partial charge in [0.1, 0.15) is 10.9 Å². The summed E-state index contributed by atoms with van der Waals surface area (Å²) in [6.45, 7) is 4.04. The summed E-state index contributed by atoms with van der Waals surface area (Å²) in [6, 6.07) is 3.08. The van der Waals surface area contributed by atoms with E-state index in [1.54, 1.807) is 24.0 Å². The molecule has 5 nitrogen and oxygen atoms in total. The van der Waals surface area contributed by atoms with E-state index >= 15 is 0 Å². The molecule has 3 rings (SSSR count). The predicted octanol–water partition coefficient (Wildman–Crippen LogP) is 4.19. The molecule has 3 heterocycles. The number of nitrogens with zero attached hydrogens (tertiary/aromatic N) is 3. The average Bonchev–Trinajstić information content (AvgIpc) is 2.91. The molecule has 1 atom stereocenters. The molecule has 0 fully saturated rings. The summed E-state index contributed by atoms with van der Waals surface area (Å²) >= 11 is 6.09. The molecule has 1 unspecified atom stereocenters. The number of rotatable bonds is 5. The zero-order valence-electron chi connectivity index (χ0n) is 14.6. The fraction of sp³-hybridized carbons (Fsp3) is 0.389. The molecular weight excluding hydrogens is 364 g/mol. The van der Waals surface area contributed by atoms with Crippen LogP contribution in [0.25, 0.3) is 0 Å². The molecule has 0 saturated carbocycles. The van der Waals surface area contributed by atoms with E-state index in [1.807, 2.05) is 6.92 Å². The lowest BCUT2D eigenvalue weighted by Crippen LogP contribution is -2.28. The van der Waals surface area contributed by atoms with Gasteiger partial charge in [-0.05, 0) is 31.5 Å². The molecule has 1 aliphatic rings. The third kappa shape index (κ3) is 3.62. The molecule has 26 heavy (non-hydrogen) atoms. The lowest BCUT2D eigenvalue weighted by Gasteiger charge is -2.24. The Balaban J connectivity index is 1.79. The van der Waals surface area contributed by atoms with Gasteiger partial charge in [-0.3, -0.25) is 9.78 Å². The molecule has 1 amide bonds. The zero-order valence-corrected chi connectivity index (χ0v) is 15.3. The van der Waals surface area contributed by atoms with Crippen LogP contribution in [-0.4, -0.2) is 33.3 Å². The molecule has 138 valence electrons. The van der Waals surface area contributed by atoms with Crippen molar-refractivity contribution in [3.63, 3.8) is 0 Å². The van der Waals surface area contributed by atoms with Crippen molar-refractivity contribution in [1.29, 1.82) is 0 Å². The van der Waals surface area contributed by atoms with E-state index < -0.39 is 12.5 Å². The first-order chi connectivity index (χ1) is 12.2. The Morgan fingerprint density at radius 1 is 1.42 bits per heavy atom. The average molecular weight is 382 g/mol. The van der Waals surface area contributed by atoms with Gasteiger partial charge in [0.25, 0.3) is 11.8 Å². The molecule has 0 aliphatic carbocycles. The molecule has 0 N–H and O–H groups in total. The number of ether oxygens (including phenoxy) is 1. The number of carbonyl (C=O) groups is 1. The minimum Gasteiger partial charge on any atom is -0.485 e. The van der Waals surface area contributed by atoms with Crippen LogP contribution in [0.1, 0.15) is 47.1 Å². The maximum Gasteiger partial charge on any atom is 0.278 e. The number of amides is 1. The van der Waals surface area contributed by atoms with Gasteiger partial charge in [-0.25, -0.2) is 13.8 Å². The molecule has 0 saturated heterocycles. The molecule has 0 spiro atoms. The Hall–Kier alpha value is -2.28. The number of aromatic nitrogens is 2. The van der Waals surface area contributed by atoms with Crippen molar-refractivity contribution in [2.24, 2.45) is 0 Å². The second kappa shape index (κ2) is 6.79. The summed E-state index contributed by atoms with van der Waals surface area (Å²) in [5.41, 5.74) is 2.56. The van der Waals surface area contributed by atoms with Crippen molar-refractivity contribution < 1.29 is 18.3 Å². The lowest BCUT2D eigenvalue weighted by atomic mass is 10.1. The highest BCUT2D eigenvalue weighted by molar-refractivity contribution is 6.30. The van der Waals surface area contributed by atoms with Gasteiger partial charge in [0, 0.05) is 24.2 Å². The maximum absolute atomic E-state index is 13.0. The fourth-order valence-corrected chi connectivity index (χ4v) is 3.05. The molecule has 2 aromatic rings. The second-order valence-corrected chi connectivity index (χ2v) is 6.83. The van der Waals surface area contributed by atoms with Gasteiger partial charge < -0.3 is 9.64 Å². The molecule has 0 bridgehead atoms. The first-order valence-corrected chi connectivity index (χ1v) is 8.46. The third-order valence-electron chi connectivity index (χ3n) is 4.28. The van der Waals surface area contributed by atoms with Gasteiger partial charge in [-0.2, -0.15) is 0 Å². The van der Waals surface area contributed by atoms with Gasteiger partial charge in [0.05, 0.1) is 24.5 Å². The minimum absolute atomic E-state index is 0.137. The summed E-state index contributed by atoms with van der Waals surface area (Å²) in [4.78, 5) is 22.6. The number of carbonyl (C=O) groups excluding carboxylic acids is 1. The highest BCUT2D eigenvalue weighted by Gasteiger charge is 2.34. The Kier molecular flexibility index (Phi) is 4.84. The molecular formula is C18H18ClF2N3O2. The SMILES string of the molecule is Cc1cc(C(C)N2Cc3c(ccnc3Cl)C2=O)ncc1OCC(C)(F)F. The number of aryl methyl sites for hydroxylation is 1. The molecule has 8 heteroatoms. The monoisotopic (exact) mass is 381 g/mol. The topological polar surface area (TPSA) is 55.3 Å². The standard InChI is InChI=1S/C18H18ClF2N3O2/c1-10-6-14(23-7-15(10)26-9-18(3,20)21)11(2)24-8-13-12(17(24)25)4-5-22-16(13)19/h4-7,11H,8-9H2,1-3H3. The second-order valence-electron chi connectivity index (χ2n) is 6.47. The highest BCUT2D eigenvalue weighted by atomic mass is 35.5. The normalized spacial score (nSPS) is 15.2. The summed E-state index contributed by atoms with van der Waals surface area (Å²) in [5.74, 6) is -2.76. The number of hydrogen-bond donors (Lipinski definition) is 0. The van der Waals surface area contributed by atoms with Crippen LogP contribution in [0.3, 0.4) is 0 Å². The number of pyridine rings is 2. The minimum atomic E-state index is -2.92. The van der Waals surface area contributed by atoms with Crippen molar-refractivity contribution >= 4 is 17.5 Å². The van der Waals surface area contributed by atoms with E-state index in [4.69, 9.17) is 16.3 Å². The summed E-state index contributed by atoms with van der Waals surface area (Å²) in [7, 11) is 0. The largest absolute Gasteiger partial charge is 0.485 e. The van der Waals surface area contributed by atoms with Crippen LogP contribution < -0.4 is 4.74 Å². The van der Waals surface area contributed by atoms with E-state index in [-0.39, 0.29) is 11.9 Å². The van der Waals surface area contributed by atoms with Gasteiger partial charge in [-0.15, -0.1) is 0 Å². The van der Waals surface area contributed by atoms with Gasteiger partial charge in [0.15, 0.2) is 6.61 Å². The van der Waals surface area contributed by atoms with Crippen molar-refractivity contribution in [2.45, 2.75) is 39.3 Å². The van der Waals surface area contributed by atoms with Gasteiger partial charge >= 0.3 is 0 Å². The van der Waals surface area contributed by atoms with Gasteiger partial charge in [0.2, 0.25) is 0 Å². The van der Waals surface area contributed by atoms with Crippen LogP contribution in [0.4, 0.5) is 8.78 Å². The van der Waals surface area contributed by atoms with Crippen LogP contribution in [-0.2, 0) is 6.54 Å². The molecule has 2 aromatic heterocycles. The van der Waals surface area contributed by atoms with Crippen LogP contribution in [0.2, 0.25) is 5.15 Å². The van der Waals surface area contributed by atoms with Crippen molar-refractivity contribution in [2.75, 3.05) is 6.61 Å². The van der Waals surface area contributed by atoms with Crippen LogP contribution in [0.15, 0.2) is 24.5 Å². The summed E-state index contributed by atoms with van der Waals surface area (Å²) < 4.78 is 31.0. The summed E-state index contributed by atoms with van der Waals surface area (Å²) in [6.07, 6.45) is 2.92. The lowest BCUT2D eigenvalue weighted by molar-refractivity contribution is -0.0232. The zero-order chi connectivity index (χ0) is 19.1. The van der Waals surface area contributed by atoms with E-state index in [0.29, 0.717) is 39.8 Å². The van der Waals surface area contributed by atoms with Crippen molar-refractivity contribution in [1.82, 2.24) is 14.9 Å². The fourth-order valence-electron chi connectivity index (χ4n) is 2.84. The molecule has 0 radical (unpaired) electrons. The smallest absolute Gasteiger partial charge is 0.278 e. The van der Waals surface area contributed by atoms with Crippen molar-refractivity contribution in [3.8, 4) is 5.75 Å². The van der Waals surface area contributed by atoms with Crippen LogP contribution >= 0.6 is 11.6 Å². The Labute approximate surface area is 155 Å². The number of halogens is 3. The first-order valence-electron chi connectivity index (χ1n) is 8.09. The molecule has 0 aromatic carbocycles. The first kappa shape index (κ1) is 18.5. The van der Waals surface area contributed by atoms with Crippen LogP contribution in [0.5, 0.6) is 5.75 Å². The van der Waals surface area contributed by atoms with Gasteiger partial charge in [-0.1, -0.05) is 11.6 Å². The van der Waals surface area contributed by atoms with Crippen molar-refractivity contribution in [3.05, 3.63) is 52.1 Å². The van der Waals surface area contributed by atoms with E-state index in [2.05, 4.69) is 9.97 Å². The van der Waals surface area contributed by atoms with E-state index in [1.165, 1.54) is 12.4 Å². The highest BCUT2D eigenvalue weighted by Crippen LogP contribution is 2.34. The van der Waals surface area contributed by atoms with E-state index in [0.717, 1.165) is 6.92 Å². The van der Waals surface area contributed by atoms with E-state index in [9.17, 15) is 13.6 Å². The number of fused-ring (bicyclic) bond motifs is 1.